The average Bonchev–Trinajstić information content (AvgIpc) is 3.17. The van der Waals surface area contributed by atoms with Crippen molar-refractivity contribution in [1.29, 1.82) is 0 Å². The summed E-state index contributed by atoms with van der Waals surface area (Å²) in [6.07, 6.45) is 0. The Kier molecular flexibility index (Phi) is 4.35. The number of rotatable bonds is 4. The predicted octanol–water partition coefficient (Wildman–Crippen LogP) is 3.74. The molecule has 0 spiro atoms. The van der Waals surface area contributed by atoms with Crippen molar-refractivity contribution in [2.24, 2.45) is 0 Å². The minimum Gasteiger partial charge on any atom is -0.508 e. The summed E-state index contributed by atoms with van der Waals surface area (Å²) in [6, 6.07) is 6.74. The van der Waals surface area contributed by atoms with E-state index in [2.05, 4.69) is 20.5 Å². The number of phenols is 1. The van der Waals surface area contributed by atoms with Gasteiger partial charge < -0.3 is 5.11 Å². The van der Waals surface area contributed by atoms with Gasteiger partial charge in [-0.15, -0.1) is 21.5 Å². The van der Waals surface area contributed by atoms with Gasteiger partial charge in [0.15, 0.2) is 5.13 Å². The molecule has 2 N–H and O–H groups in total. The Morgan fingerprint density at radius 2 is 1.96 bits per heavy atom. The normalized spacial score (nSPS) is 10.9. The number of aromatic nitrogens is 3. The van der Waals surface area contributed by atoms with Crippen molar-refractivity contribution in [1.82, 2.24) is 15.2 Å². The van der Waals surface area contributed by atoms with Crippen LogP contribution in [0.25, 0.3) is 11.3 Å². The first-order valence-electron chi connectivity index (χ1n) is 6.92. The fraction of sp³-hybridized carbons (Fsp3) is 0.200. The van der Waals surface area contributed by atoms with Crippen LogP contribution in [-0.2, 0) is 0 Å². The van der Waals surface area contributed by atoms with Gasteiger partial charge in [-0.2, -0.15) is 0 Å². The van der Waals surface area contributed by atoms with Gasteiger partial charge in [-0.3, -0.25) is 10.1 Å². The fourth-order valence-corrected chi connectivity index (χ4v) is 3.26. The molecule has 0 radical (unpaired) electrons. The summed E-state index contributed by atoms with van der Waals surface area (Å²) in [6.45, 7) is 4.01. The van der Waals surface area contributed by atoms with Crippen LogP contribution in [0.4, 0.5) is 5.13 Å². The third kappa shape index (κ3) is 3.54. The number of benzene rings is 1. The first-order valence-corrected chi connectivity index (χ1v) is 8.62. The van der Waals surface area contributed by atoms with E-state index in [4.69, 9.17) is 0 Å². The van der Waals surface area contributed by atoms with Crippen LogP contribution in [-0.4, -0.2) is 26.2 Å². The molecule has 2 aromatic heterocycles. The minimum atomic E-state index is -0.305. The Balaban J connectivity index is 1.73. The zero-order valence-electron chi connectivity index (χ0n) is 12.5. The van der Waals surface area contributed by atoms with Crippen molar-refractivity contribution in [3.05, 3.63) is 39.7 Å². The highest BCUT2D eigenvalue weighted by molar-refractivity contribution is 7.15. The second-order valence-corrected chi connectivity index (χ2v) is 7.01. The molecule has 2 heterocycles. The van der Waals surface area contributed by atoms with E-state index in [1.54, 1.807) is 24.3 Å². The summed E-state index contributed by atoms with van der Waals surface area (Å²) in [5, 5.41) is 23.5. The number of nitrogens with zero attached hydrogens (tertiary/aromatic N) is 3. The Labute approximate surface area is 140 Å². The van der Waals surface area contributed by atoms with Crippen LogP contribution in [0.5, 0.6) is 5.75 Å². The molecule has 6 nitrogen and oxygen atoms in total. The molecule has 0 saturated heterocycles. The molecule has 3 rings (SSSR count). The molecule has 118 valence electrons. The summed E-state index contributed by atoms with van der Waals surface area (Å²) >= 11 is 2.62. The van der Waals surface area contributed by atoms with Gasteiger partial charge in [0, 0.05) is 16.9 Å². The monoisotopic (exact) mass is 346 g/mol. The topological polar surface area (TPSA) is 88.0 Å². The number of hydrogen-bond acceptors (Lipinski definition) is 7. The van der Waals surface area contributed by atoms with Crippen molar-refractivity contribution in [2.45, 2.75) is 19.8 Å². The fourth-order valence-electron chi connectivity index (χ4n) is 1.81. The number of aromatic hydroxyl groups is 1. The predicted molar refractivity (Wildman–Crippen MR) is 91.2 cm³/mol. The van der Waals surface area contributed by atoms with Gasteiger partial charge in [0.25, 0.3) is 5.91 Å². The van der Waals surface area contributed by atoms with E-state index in [9.17, 15) is 9.90 Å². The lowest BCUT2D eigenvalue weighted by atomic mass is 10.2. The van der Waals surface area contributed by atoms with Crippen molar-refractivity contribution >= 4 is 33.7 Å². The lowest BCUT2D eigenvalue weighted by Crippen LogP contribution is -2.11. The zero-order valence-corrected chi connectivity index (χ0v) is 14.1. The van der Waals surface area contributed by atoms with Crippen LogP contribution in [0.15, 0.2) is 29.6 Å². The molecule has 0 unspecified atom stereocenters. The van der Waals surface area contributed by atoms with Crippen LogP contribution >= 0.6 is 22.7 Å². The highest BCUT2D eigenvalue weighted by Gasteiger charge is 2.16. The smallest absolute Gasteiger partial charge is 0.288 e. The Morgan fingerprint density at radius 3 is 2.61 bits per heavy atom. The molecule has 0 atom stereocenters. The van der Waals surface area contributed by atoms with E-state index >= 15 is 0 Å². The van der Waals surface area contributed by atoms with Gasteiger partial charge in [-0.25, -0.2) is 4.98 Å². The molecule has 8 heteroatoms. The molecular formula is C15H14N4O2S2. The number of amides is 1. The molecule has 1 amide bonds. The second kappa shape index (κ2) is 6.43. The van der Waals surface area contributed by atoms with Crippen LogP contribution in [0, 0.1) is 0 Å². The van der Waals surface area contributed by atoms with Crippen LogP contribution in [0.2, 0.25) is 0 Å². The number of thiazole rings is 1. The quantitative estimate of drug-likeness (QED) is 0.751. The van der Waals surface area contributed by atoms with Gasteiger partial charge in [-0.05, 0) is 24.3 Å². The van der Waals surface area contributed by atoms with Gasteiger partial charge in [0.1, 0.15) is 10.8 Å². The third-order valence-corrected chi connectivity index (χ3v) is 5.00. The van der Waals surface area contributed by atoms with Crippen molar-refractivity contribution in [3.63, 3.8) is 0 Å². The Morgan fingerprint density at radius 1 is 1.22 bits per heavy atom. The number of phenolic OH excluding ortho intramolecular Hbond substituents is 1. The maximum absolute atomic E-state index is 12.2. The lowest BCUT2D eigenvalue weighted by Gasteiger charge is -1.98. The average molecular weight is 346 g/mol. The Hall–Kier alpha value is -2.32. The molecule has 0 aliphatic carbocycles. The largest absolute Gasteiger partial charge is 0.508 e. The lowest BCUT2D eigenvalue weighted by molar-refractivity contribution is 0.102. The number of carbonyl (C=O) groups excluding carboxylic acids is 1. The van der Waals surface area contributed by atoms with Crippen molar-refractivity contribution < 1.29 is 9.90 Å². The molecular weight excluding hydrogens is 332 g/mol. The highest BCUT2D eigenvalue weighted by atomic mass is 32.1. The van der Waals surface area contributed by atoms with E-state index in [1.165, 1.54) is 22.7 Å². The first kappa shape index (κ1) is 15.6. The third-order valence-electron chi connectivity index (χ3n) is 3.02. The SMILES string of the molecule is CC(C)c1nnc(C(=O)Nc2nc(-c3ccc(O)cc3)cs2)s1. The molecule has 0 bridgehead atoms. The zero-order chi connectivity index (χ0) is 16.4. The Bertz CT molecular complexity index is 824. The van der Waals surface area contributed by atoms with Gasteiger partial charge in [0.05, 0.1) is 5.69 Å². The molecule has 0 aliphatic heterocycles. The summed E-state index contributed by atoms with van der Waals surface area (Å²) < 4.78 is 0. The van der Waals surface area contributed by atoms with Gasteiger partial charge >= 0.3 is 0 Å². The van der Waals surface area contributed by atoms with E-state index < -0.39 is 0 Å². The van der Waals surface area contributed by atoms with Gasteiger partial charge in [0.2, 0.25) is 5.01 Å². The number of anilines is 1. The molecule has 0 saturated carbocycles. The summed E-state index contributed by atoms with van der Waals surface area (Å²) in [5.41, 5.74) is 1.61. The van der Waals surface area contributed by atoms with E-state index in [1.807, 2.05) is 19.2 Å². The number of nitrogens with one attached hydrogen (secondary N) is 1. The van der Waals surface area contributed by atoms with E-state index in [0.717, 1.165) is 16.3 Å². The maximum atomic E-state index is 12.2. The minimum absolute atomic E-state index is 0.203. The molecule has 1 aromatic carbocycles. The summed E-state index contributed by atoms with van der Waals surface area (Å²) in [5.74, 6) is 0.144. The summed E-state index contributed by atoms with van der Waals surface area (Å²) in [7, 11) is 0. The maximum Gasteiger partial charge on any atom is 0.288 e. The van der Waals surface area contributed by atoms with Crippen molar-refractivity contribution in [3.8, 4) is 17.0 Å². The number of carbonyl (C=O) groups is 1. The first-order chi connectivity index (χ1) is 11.0. The molecule has 23 heavy (non-hydrogen) atoms. The van der Waals surface area contributed by atoms with Gasteiger partial charge in [-0.1, -0.05) is 25.2 Å². The summed E-state index contributed by atoms with van der Waals surface area (Å²) in [4.78, 5) is 16.5. The highest BCUT2D eigenvalue weighted by Crippen LogP contribution is 2.27. The van der Waals surface area contributed by atoms with Crippen LogP contribution < -0.4 is 5.32 Å². The molecule has 0 aliphatic rings. The van der Waals surface area contributed by atoms with Crippen LogP contribution in [0.3, 0.4) is 0 Å². The number of hydrogen-bond donors (Lipinski definition) is 2. The van der Waals surface area contributed by atoms with E-state index in [-0.39, 0.29) is 17.6 Å². The molecule has 3 aromatic rings. The van der Waals surface area contributed by atoms with Crippen LogP contribution in [0.1, 0.15) is 34.6 Å². The van der Waals surface area contributed by atoms with Crippen molar-refractivity contribution in [2.75, 3.05) is 5.32 Å². The molecule has 0 fully saturated rings. The second-order valence-electron chi connectivity index (χ2n) is 5.14. The van der Waals surface area contributed by atoms with E-state index in [0.29, 0.717) is 10.1 Å². The standard InChI is InChI=1S/C15H14N4O2S2/c1-8(2)13-18-19-14(23-13)12(21)17-15-16-11(7-22-15)9-3-5-10(20)6-4-9/h3-8,20H,1-2H3,(H,16,17,21).